The van der Waals surface area contributed by atoms with Gasteiger partial charge in [0, 0.05) is 17.5 Å². The second-order valence-electron chi connectivity index (χ2n) is 6.49. The molecule has 0 amide bonds. The molecule has 0 spiro atoms. The zero-order valence-electron chi connectivity index (χ0n) is 15.6. The zero-order chi connectivity index (χ0) is 19.7. The van der Waals surface area contributed by atoms with Crippen LogP contribution in [0, 0.1) is 5.82 Å². The SMILES string of the molecule is CCc1cc2cccc(-c3cncc(OC)c3)c2c(=O)n1-c1cccc(F)c1. The summed E-state index contributed by atoms with van der Waals surface area (Å²) in [4.78, 5) is 17.8. The first kappa shape index (κ1) is 17.9. The van der Waals surface area contributed by atoms with Crippen LogP contribution < -0.4 is 10.3 Å². The summed E-state index contributed by atoms with van der Waals surface area (Å²) < 4.78 is 20.7. The molecule has 0 atom stereocenters. The number of benzene rings is 2. The van der Waals surface area contributed by atoms with Crippen LogP contribution in [0.15, 0.2) is 71.8 Å². The standard InChI is InChI=1S/C23H19FN2O2/c1-3-18-10-15-6-4-9-21(16-11-20(28-2)14-25-13-16)22(15)23(27)26(18)19-8-5-7-17(24)12-19/h4-14H,3H2,1-2H3. The Morgan fingerprint density at radius 1 is 1.07 bits per heavy atom. The van der Waals surface area contributed by atoms with E-state index in [0.29, 0.717) is 23.2 Å². The second kappa shape index (κ2) is 7.27. The van der Waals surface area contributed by atoms with Crippen molar-refractivity contribution in [2.45, 2.75) is 13.3 Å². The van der Waals surface area contributed by atoms with Crippen LogP contribution in [0.25, 0.3) is 27.6 Å². The molecule has 0 saturated heterocycles. The summed E-state index contributed by atoms with van der Waals surface area (Å²) in [5, 5.41) is 1.41. The van der Waals surface area contributed by atoms with Gasteiger partial charge in [-0.05, 0) is 47.7 Å². The summed E-state index contributed by atoms with van der Waals surface area (Å²) in [7, 11) is 1.58. The van der Waals surface area contributed by atoms with Crippen LogP contribution in [0.4, 0.5) is 4.39 Å². The topological polar surface area (TPSA) is 44.1 Å². The largest absolute Gasteiger partial charge is 0.495 e. The fourth-order valence-electron chi connectivity index (χ4n) is 3.49. The lowest BCUT2D eigenvalue weighted by atomic mass is 9.99. The van der Waals surface area contributed by atoms with Crippen molar-refractivity contribution >= 4 is 10.8 Å². The van der Waals surface area contributed by atoms with Crippen molar-refractivity contribution in [3.63, 3.8) is 0 Å². The van der Waals surface area contributed by atoms with Gasteiger partial charge < -0.3 is 4.74 Å². The number of hydrogen-bond donors (Lipinski definition) is 0. The number of aryl methyl sites for hydroxylation is 1. The van der Waals surface area contributed by atoms with Crippen LogP contribution in [-0.2, 0) is 6.42 Å². The highest BCUT2D eigenvalue weighted by Gasteiger charge is 2.15. The number of rotatable bonds is 4. The molecule has 5 heteroatoms. The van der Waals surface area contributed by atoms with Crippen LogP contribution in [0.1, 0.15) is 12.6 Å². The van der Waals surface area contributed by atoms with Gasteiger partial charge in [0.25, 0.3) is 5.56 Å². The molecular weight excluding hydrogens is 355 g/mol. The monoisotopic (exact) mass is 374 g/mol. The van der Waals surface area contributed by atoms with Crippen molar-refractivity contribution in [3.8, 4) is 22.6 Å². The summed E-state index contributed by atoms with van der Waals surface area (Å²) in [5.74, 6) is 0.238. The van der Waals surface area contributed by atoms with Crippen molar-refractivity contribution in [2.24, 2.45) is 0 Å². The molecule has 0 aliphatic carbocycles. The Morgan fingerprint density at radius 2 is 1.89 bits per heavy atom. The molecule has 2 aromatic heterocycles. The Balaban J connectivity index is 2.07. The lowest BCUT2D eigenvalue weighted by Gasteiger charge is -2.15. The minimum absolute atomic E-state index is 0.182. The van der Waals surface area contributed by atoms with Crippen LogP contribution in [-0.4, -0.2) is 16.7 Å². The molecular formula is C23H19FN2O2. The first-order chi connectivity index (χ1) is 13.6. The molecule has 4 aromatic rings. The van der Waals surface area contributed by atoms with Gasteiger partial charge in [-0.3, -0.25) is 14.3 Å². The number of hydrogen-bond acceptors (Lipinski definition) is 3. The van der Waals surface area contributed by atoms with Crippen LogP contribution in [0.5, 0.6) is 5.75 Å². The lowest BCUT2D eigenvalue weighted by Crippen LogP contribution is -2.22. The number of halogens is 1. The van der Waals surface area contributed by atoms with E-state index in [0.717, 1.165) is 22.2 Å². The molecule has 0 aliphatic heterocycles. The maximum absolute atomic E-state index is 13.8. The van der Waals surface area contributed by atoms with E-state index in [-0.39, 0.29) is 11.4 Å². The highest BCUT2D eigenvalue weighted by molar-refractivity contribution is 5.96. The summed E-state index contributed by atoms with van der Waals surface area (Å²) in [6, 6.07) is 15.7. The van der Waals surface area contributed by atoms with E-state index in [4.69, 9.17) is 4.74 Å². The third kappa shape index (κ3) is 3.05. The van der Waals surface area contributed by atoms with Crippen molar-refractivity contribution in [2.75, 3.05) is 7.11 Å². The molecule has 0 radical (unpaired) electrons. The number of pyridine rings is 2. The summed E-state index contributed by atoms with van der Waals surface area (Å²) in [5.41, 5.74) is 2.71. The van der Waals surface area contributed by atoms with Gasteiger partial charge in [-0.25, -0.2) is 4.39 Å². The maximum Gasteiger partial charge on any atom is 0.263 e. The third-order valence-electron chi connectivity index (χ3n) is 4.81. The average Bonchev–Trinajstić information content (AvgIpc) is 2.73. The smallest absolute Gasteiger partial charge is 0.263 e. The Kier molecular flexibility index (Phi) is 4.65. The number of methoxy groups -OCH3 is 1. The van der Waals surface area contributed by atoms with E-state index < -0.39 is 0 Å². The first-order valence-electron chi connectivity index (χ1n) is 9.05. The van der Waals surface area contributed by atoms with Gasteiger partial charge in [0.2, 0.25) is 0 Å². The molecule has 4 nitrogen and oxygen atoms in total. The van der Waals surface area contributed by atoms with Gasteiger partial charge in [0.15, 0.2) is 0 Å². The van der Waals surface area contributed by atoms with Crippen molar-refractivity contribution in [3.05, 3.63) is 88.9 Å². The van der Waals surface area contributed by atoms with E-state index in [1.54, 1.807) is 36.2 Å². The molecule has 140 valence electrons. The van der Waals surface area contributed by atoms with Crippen LogP contribution >= 0.6 is 0 Å². The van der Waals surface area contributed by atoms with Gasteiger partial charge in [-0.2, -0.15) is 0 Å². The minimum Gasteiger partial charge on any atom is -0.495 e. The molecule has 0 aliphatic rings. The van der Waals surface area contributed by atoms with Crippen LogP contribution in [0.2, 0.25) is 0 Å². The third-order valence-corrected chi connectivity index (χ3v) is 4.81. The molecule has 28 heavy (non-hydrogen) atoms. The maximum atomic E-state index is 13.8. The fourth-order valence-corrected chi connectivity index (χ4v) is 3.49. The summed E-state index contributed by atoms with van der Waals surface area (Å²) in [6.45, 7) is 1.98. The summed E-state index contributed by atoms with van der Waals surface area (Å²) in [6.07, 6.45) is 3.97. The van der Waals surface area contributed by atoms with Crippen molar-refractivity contribution in [1.29, 1.82) is 0 Å². The van der Waals surface area contributed by atoms with E-state index >= 15 is 0 Å². The summed E-state index contributed by atoms with van der Waals surface area (Å²) >= 11 is 0. The lowest BCUT2D eigenvalue weighted by molar-refractivity contribution is 0.413. The number of nitrogens with zero attached hydrogens (tertiary/aromatic N) is 2. The molecule has 4 rings (SSSR count). The fraction of sp³-hybridized carbons (Fsp3) is 0.130. The normalized spacial score (nSPS) is 11.0. The number of fused-ring (bicyclic) bond motifs is 1. The molecule has 0 unspecified atom stereocenters. The first-order valence-corrected chi connectivity index (χ1v) is 9.05. The van der Waals surface area contributed by atoms with Gasteiger partial charge in [-0.15, -0.1) is 0 Å². The van der Waals surface area contributed by atoms with E-state index in [9.17, 15) is 9.18 Å². The molecule has 0 saturated carbocycles. The highest BCUT2D eigenvalue weighted by Crippen LogP contribution is 2.29. The Labute approximate surface area is 161 Å². The molecule has 2 heterocycles. The molecule has 2 aromatic carbocycles. The molecule has 0 fully saturated rings. The van der Waals surface area contributed by atoms with Crippen molar-refractivity contribution in [1.82, 2.24) is 9.55 Å². The van der Waals surface area contributed by atoms with Gasteiger partial charge in [0.1, 0.15) is 11.6 Å². The predicted octanol–water partition coefficient (Wildman–Crippen LogP) is 4.76. The predicted molar refractivity (Wildman–Crippen MR) is 109 cm³/mol. The number of aromatic nitrogens is 2. The van der Waals surface area contributed by atoms with Crippen molar-refractivity contribution < 1.29 is 9.13 Å². The van der Waals surface area contributed by atoms with Gasteiger partial charge >= 0.3 is 0 Å². The molecule has 0 bridgehead atoms. The minimum atomic E-state index is -0.378. The van der Waals surface area contributed by atoms with Crippen LogP contribution in [0.3, 0.4) is 0 Å². The second-order valence-corrected chi connectivity index (χ2v) is 6.49. The zero-order valence-corrected chi connectivity index (χ0v) is 15.6. The van der Waals surface area contributed by atoms with E-state index in [1.165, 1.54) is 12.1 Å². The van der Waals surface area contributed by atoms with Gasteiger partial charge in [0.05, 0.1) is 24.4 Å². The number of ether oxygens (including phenoxy) is 1. The Morgan fingerprint density at radius 3 is 2.64 bits per heavy atom. The van der Waals surface area contributed by atoms with E-state index in [1.807, 2.05) is 37.3 Å². The Bertz CT molecular complexity index is 1230. The quantitative estimate of drug-likeness (QED) is 0.517. The Hall–Kier alpha value is -3.47. The molecule has 0 N–H and O–H groups in total. The highest BCUT2D eigenvalue weighted by atomic mass is 19.1. The van der Waals surface area contributed by atoms with E-state index in [2.05, 4.69) is 4.98 Å². The van der Waals surface area contributed by atoms with Gasteiger partial charge in [-0.1, -0.05) is 31.2 Å². The average molecular weight is 374 g/mol.